The van der Waals surface area contributed by atoms with Crippen molar-refractivity contribution >= 4 is 86.0 Å². The molecule has 3 rings (SSSR count). The summed E-state index contributed by atoms with van der Waals surface area (Å²) in [7, 11) is 0. The first-order valence-electron chi connectivity index (χ1n) is 8.14. The molecule has 28 heavy (non-hydrogen) atoms. The van der Waals surface area contributed by atoms with Gasteiger partial charge in [0.05, 0.1) is 21.0 Å². The van der Waals surface area contributed by atoms with Crippen LogP contribution in [0, 0.1) is 0 Å². The van der Waals surface area contributed by atoms with Gasteiger partial charge in [0.1, 0.15) is 0 Å². The molecule has 0 aliphatic heterocycles. The third-order valence-electron chi connectivity index (χ3n) is 3.54. The summed E-state index contributed by atoms with van der Waals surface area (Å²) in [6.07, 6.45) is 0.932. The number of halogens is 3. The number of rotatable bonds is 8. The van der Waals surface area contributed by atoms with E-state index in [1.54, 1.807) is 18.3 Å². The average Bonchev–Trinajstić information content (AvgIpc) is 3.30. The minimum atomic E-state index is -0.408. The van der Waals surface area contributed by atoms with Gasteiger partial charge in [-0.05, 0) is 36.9 Å². The van der Waals surface area contributed by atoms with Gasteiger partial charge in [-0.1, -0.05) is 64.0 Å². The van der Waals surface area contributed by atoms with Gasteiger partial charge in [-0.2, -0.15) is 0 Å². The summed E-state index contributed by atoms with van der Waals surface area (Å²) in [5, 5.41) is 17.6. The lowest BCUT2D eigenvalue weighted by Crippen LogP contribution is -2.22. The molecule has 0 saturated heterocycles. The fourth-order valence-electron chi connectivity index (χ4n) is 2.17. The number of benzene rings is 1. The molecule has 2 heterocycles. The molecule has 1 aromatic carbocycles. The van der Waals surface area contributed by atoms with Gasteiger partial charge in [0, 0.05) is 16.4 Å². The Balaban J connectivity index is 1.52. The molecule has 2 N–H and O–H groups in total. The van der Waals surface area contributed by atoms with E-state index in [1.807, 2.05) is 6.07 Å². The number of thioether (sulfide) groups is 1. The second kappa shape index (κ2) is 10.1. The monoisotopic (exact) mass is 492 g/mol. The van der Waals surface area contributed by atoms with Crippen molar-refractivity contribution in [2.75, 3.05) is 17.2 Å². The molecule has 0 saturated carbocycles. The van der Waals surface area contributed by atoms with Gasteiger partial charge >= 0.3 is 0 Å². The van der Waals surface area contributed by atoms with E-state index in [4.69, 9.17) is 34.8 Å². The van der Waals surface area contributed by atoms with Crippen molar-refractivity contribution in [1.29, 1.82) is 0 Å². The van der Waals surface area contributed by atoms with Gasteiger partial charge < -0.3 is 10.6 Å². The number of amides is 1. The van der Waals surface area contributed by atoms with Crippen molar-refractivity contribution in [3.8, 4) is 0 Å². The van der Waals surface area contributed by atoms with E-state index < -0.39 is 5.25 Å². The molecule has 0 aliphatic carbocycles. The zero-order chi connectivity index (χ0) is 20.1. The largest absolute Gasteiger partial charge is 0.360 e. The highest BCUT2D eigenvalue weighted by Gasteiger charge is 2.20. The predicted octanol–water partition coefficient (Wildman–Crippen LogP) is 6.33. The fourth-order valence-corrected chi connectivity index (χ4v) is 5.71. The first kappa shape index (κ1) is 21.7. The number of carbonyl (C=O) groups excluding carboxylic acids is 1. The molecule has 1 unspecified atom stereocenters. The molecule has 148 valence electrons. The van der Waals surface area contributed by atoms with Gasteiger partial charge in [0.25, 0.3) is 0 Å². The third kappa shape index (κ3) is 5.98. The summed E-state index contributed by atoms with van der Waals surface area (Å²) in [5.74, 6) is -0.237. The van der Waals surface area contributed by atoms with Crippen molar-refractivity contribution in [3.63, 3.8) is 0 Å². The molecule has 5 nitrogen and oxygen atoms in total. The lowest BCUT2D eigenvalue weighted by Gasteiger charge is -2.13. The van der Waals surface area contributed by atoms with Crippen LogP contribution in [0.15, 0.2) is 34.0 Å². The minimum Gasteiger partial charge on any atom is -0.360 e. The van der Waals surface area contributed by atoms with Crippen molar-refractivity contribution in [2.45, 2.75) is 22.9 Å². The molecule has 0 fully saturated rings. The quantitative estimate of drug-likeness (QED) is 0.359. The number of aromatic nitrogens is 2. The zero-order valence-corrected chi connectivity index (χ0v) is 19.3. The number of nitrogens with one attached hydrogen (secondary N) is 2. The van der Waals surface area contributed by atoms with Gasteiger partial charge in [-0.15, -0.1) is 21.5 Å². The van der Waals surface area contributed by atoms with Crippen molar-refractivity contribution in [2.24, 2.45) is 0 Å². The summed E-state index contributed by atoms with van der Waals surface area (Å²) < 4.78 is 0.703. The molecular weight excluding hydrogens is 479 g/mol. The van der Waals surface area contributed by atoms with Crippen LogP contribution < -0.4 is 10.6 Å². The Morgan fingerprint density at radius 1 is 1.25 bits per heavy atom. The SMILES string of the molecule is CC(Sc1nnc(NCCc2cccs2)s1)C(=O)Nc1c(Cl)cc(Cl)cc1Cl. The standard InChI is InChI=1S/C17H15Cl3N4OS3/c1-9(15(25)22-14-12(19)7-10(18)8-13(14)20)27-17-24-23-16(28-17)21-5-4-11-3-2-6-26-11/h2-3,6-9H,4-5H2,1H3,(H,21,23)(H,22,25). The normalized spacial score (nSPS) is 12.0. The Bertz CT molecular complexity index is 926. The summed E-state index contributed by atoms with van der Waals surface area (Å²) >= 11 is 22.6. The summed E-state index contributed by atoms with van der Waals surface area (Å²) in [6, 6.07) is 7.20. The van der Waals surface area contributed by atoms with E-state index >= 15 is 0 Å². The molecule has 0 radical (unpaired) electrons. The fraction of sp³-hybridized carbons (Fsp3) is 0.235. The Morgan fingerprint density at radius 2 is 2.00 bits per heavy atom. The number of hydrogen-bond donors (Lipinski definition) is 2. The smallest absolute Gasteiger partial charge is 0.237 e. The lowest BCUT2D eigenvalue weighted by molar-refractivity contribution is -0.115. The average molecular weight is 494 g/mol. The van der Waals surface area contributed by atoms with Crippen molar-refractivity contribution in [1.82, 2.24) is 10.2 Å². The number of carbonyl (C=O) groups is 1. The highest BCUT2D eigenvalue weighted by Crippen LogP contribution is 2.35. The molecule has 3 aromatic rings. The maximum absolute atomic E-state index is 12.5. The Hall–Kier alpha value is -1.03. The third-order valence-corrected chi connectivity index (χ3v) is 7.35. The van der Waals surface area contributed by atoms with E-state index in [9.17, 15) is 4.79 Å². The summed E-state index contributed by atoms with van der Waals surface area (Å²) in [4.78, 5) is 13.8. The van der Waals surface area contributed by atoms with E-state index in [-0.39, 0.29) is 16.0 Å². The topological polar surface area (TPSA) is 66.9 Å². The van der Waals surface area contributed by atoms with Crippen LogP contribution in [0.4, 0.5) is 10.8 Å². The van der Waals surface area contributed by atoms with Gasteiger partial charge in [0.15, 0.2) is 4.34 Å². The maximum atomic E-state index is 12.5. The van der Waals surface area contributed by atoms with E-state index in [0.29, 0.717) is 15.0 Å². The first-order valence-corrected chi connectivity index (χ1v) is 11.8. The van der Waals surface area contributed by atoms with Crippen LogP contribution in [-0.2, 0) is 11.2 Å². The molecule has 2 aromatic heterocycles. The number of hydrogen-bond acceptors (Lipinski definition) is 7. The second-order valence-electron chi connectivity index (χ2n) is 5.62. The van der Waals surface area contributed by atoms with Crippen LogP contribution in [-0.4, -0.2) is 27.9 Å². The van der Waals surface area contributed by atoms with E-state index in [1.165, 1.54) is 40.1 Å². The number of thiophene rings is 1. The Morgan fingerprint density at radius 3 is 2.68 bits per heavy atom. The Kier molecular flexibility index (Phi) is 7.85. The van der Waals surface area contributed by atoms with Crippen LogP contribution in [0.3, 0.4) is 0 Å². The maximum Gasteiger partial charge on any atom is 0.237 e. The van der Waals surface area contributed by atoms with Crippen molar-refractivity contribution < 1.29 is 4.79 Å². The Labute approximate surface area is 189 Å². The highest BCUT2D eigenvalue weighted by molar-refractivity contribution is 8.02. The van der Waals surface area contributed by atoms with Crippen LogP contribution in [0.25, 0.3) is 0 Å². The number of anilines is 2. The van der Waals surface area contributed by atoms with Crippen LogP contribution in [0.1, 0.15) is 11.8 Å². The minimum absolute atomic E-state index is 0.237. The molecule has 11 heteroatoms. The highest BCUT2D eigenvalue weighted by atomic mass is 35.5. The number of nitrogens with zero attached hydrogens (tertiary/aromatic N) is 2. The van der Waals surface area contributed by atoms with Gasteiger partial charge in [-0.3, -0.25) is 4.79 Å². The van der Waals surface area contributed by atoms with Gasteiger partial charge in [0.2, 0.25) is 11.0 Å². The molecular formula is C17H15Cl3N4OS3. The van der Waals surface area contributed by atoms with E-state index in [2.05, 4.69) is 32.3 Å². The summed E-state index contributed by atoms with van der Waals surface area (Å²) in [5.41, 5.74) is 0.346. The molecule has 1 amide bonds. The molecule has 0 aliphatic rings. The first-order chi connectivity index (χ1) is 13.4. The zero-order valence-electron chi connectivity index (χ0n) is 14.5. The predicted molar refractivity (Wildman–Crippen MR) is 122 cm³/mol. The van der Waals surface area contributed by atoms with E-state index in [0.717, 1.165) is 18.1 Å². The van der Waals surface area contributed by atoms with Gasteiger partial charge in [-0.25, -0.2) is 0 Å². The van der Waals surface area contributed by atoms with Crippen LogP contribution in [0.5, 0.6) is 0 Å². The lowest BCUT2D eigenvalue weighted by atomic mass is 10.3. The summed E-state index contributed by atoms with van der Waals surface area (Å²) in [6.45, 7) is 2.56. The molecule has 0 bridgehead atoms. The second-order valence-corrected chi connectivity index (χ2v) is 10.5. The van der Waals surface area contributed by atoms with Crippen LogP contribution in [0.2, 0.25) is 15.1 Å². The molecule has 0 spiro atoms. The van der Waals surface area contributed by atoms with Crippen molar-refractivity contribution in [3.05, 3.63) is 49.6 Å². The van der Waals surface area contributed by atoms with Crippen LogP contribution >= 0.6 is 69.2 Å². The molecule has 1 atom stereocenters.